The molecule has 17 heavy (non-hydrogen) atoms. The molecule has 2 rings (SSSR count). The van der Waals surface area contributed by atoms with Gasteiger partial charge in [-0.05, 0) is 18.4 Å². The summed E-state index contributed by atoms with van der Waals surface area (Å²) in [5.41, 5.74) is -0.560. The summed E-state index contributed by atoms with van der Waals surface area (Å²) in [7, 11) is 0. The fraction of sp³-hybridized carbons (Fsp3) is 0.500. The number of hydrogen-bond donors (Lipinski definition) is 2. The highest BCUT2D eigenvalue weighted by molar-refractivity contribution is 5.22. The Labute approximate surface area is 97.5 Å². The van der Waals surface area contributed by atoms with Gasteiger partial charge in [-0.25, -0.2) is 0 Å². The van der Waals surface area contributed by atoms with E-state index in [0.717, 1.165) is 0 Å². The lowest BCUT2D eigenvalue weighted by Gasteiger charge is -2.26. The number of hydrogen-bond acceptors (Lipinski definition) is 2. The Hall–Kier alpha value is -1.07. The molecule has 0 saturated heterocycles. The Morgan fingerprint density at radius 1 is 1.24 bits per heavy atom. The number of benzene rings is 1. The normalized spacial score (nSPS) is 20.0. The SMILES string of the molecule is OCC1(NC(c2ccccc2)C(F)(F)F)CC1. The van der Waals surface area contributed by atoms with Crippen LogP contribution >= 0.6 is 0 Å². The molecule has 1 atom stereocenters. The van der Waals surface area contributed by atoms with E-state index in [0.29, 0.717) is 12.8 Å². The first kappa shape index (κ1) is 12.4. The lowest BCUT2D eigenvalue weighted by atomic mass is 10.0. The van der Waals surface area contributed by atoms with E-state index in [1.807, 2.05) is 0 Å². The molecule has 1 unspecified atom stereocenters. The van der Waals surface area contributed by atoms with Gasteiger partial charge < -0.3 is 5.11 Å². The number of halogens is 3. The summed E-state index contributed by atoms with van der Waals surface area (Å²) in [5.74, 6) is 0. The summed E-state index contributed by atoms with van der Waals surface area (Å²) in [6.45, 7) is -0.258. The average molecular weight is 245 g/mol. The Morgan fingerprint density at radius 3 is 2.24 bits per heavy atom. The van der Waals surface area contributed by atoms with Gasteiger partial charge in [0, 0.05) is 5.54 Å². The van der Waals surface area contributed by atoms with Gasteiger partial charge in [-0.1, -0.05) is 30.3 Å². The number of rotatable bonds is 4. The van der Waals surface area contributed by atoms with Gasteiger partial charge in [0.1, 0.15) is 6.04 Å². The number of alkyl halides is 3. The summed E-state index contributed by atoms with van der Waals surface area (Å²) in [4.78, 5) is 0. The number of nitrogens with one attached hydrogen (secondary N) is 1. The zero-order valence-corrected chi connectivity index (χ0v) is 9.17. The van der Waals surface area contributed by atoms with Gasteiger partial charge in [0.15, 0.2) is 0 Å². The van der Waals surface area contributed by atoms with Crippen LogP contribution in [-0.2, 0) is 0 Å². The second-order valence-electron chi connectivity index (χ2n) is 4.47. The largest absolute Gasteiger partial charge is 0.407 e. The van der Waals surface area contributed by atoms with Gasteiger partial charge in [-0.15, -0.1) is 0 Å². The minimum Gasteiger partial charge on any atom is -0.394 e. The summed E-state index contributed by atoms with van der Waals surface area (Å²) in [5, 5.41) is 11.6. The minimum absolute atomic E-state index is 0.180. The predicted octanol–water partition coefficient (Wildman–Crippen LogP) is 2.40. The van der Waals surface area contributed by atoms with E-state index in [2.05, 4.69) is 5.32 Å². The van der Waals surface area contributed by atoms with Crippen LogP contribution in [0.1, 0.15) is 24.4 Å². The third kappa shape index (κ3) is 2.79. The monoisotopic (exact) mass is 245 g/mol. The highest BCUT2D eigenvalue weighted by atomic mass is 19.4. The van der Waals surface area contributed by atoms with Crippen molar-refractivity contribution in [1.82, 2.24) is 5.32 Å². The zero-order valence-electron chi connectivity index (χ0n) is 9.17. The molecule has 0 bridgehead atoms. The van der Waals surface area contributed by atoms with Gasteiger partial charge in [0.05, 0.1) is 6.61 Å². The first-order valence-electron chi connectivity index (χ1n) is 5.47. The molecule has 94 valence electrons. The lowest BCUT2D eigenvalue weighted by molar-refractivity contribution is -0.161. The van der Waals surface area contributed by atoms with Crippen molar-refractivity contribution in [2.45, 2.75) is 30.6 Å². The maximum atomic E-state index is 13.0. The standard InChI is InChI=1S/C12H14F3NO/c13-12(14,15)10(9-4-2-1-3-5-9)16-11(8-17)6-7-11/h1-5,10,16-17H,6-8H2. The fourth-order valence-electron chi connectivity index (χ4n) is 1.80. The summed E-state index contributed by atoms with van der Waals surface area (Å²) >= 11 is 0. The lowest BCUT2D eigenvalue weighted by Crippen LogP contribution is -2.44. The molecule has 5 heteroatoms. The van der Waals surface area contributed by atoms with Crippen molar-refractivity contribution in [3.05, 3.63) is 35.9 Å². The fourth-order valence-corrected chi connectivity index (χ4v) is 1.80. The number of aliphatic hydroxyl groups is 1. The van der Waals surface area contributed by atoms with Gasteiger partial charge >= 0.3 is 6.18 Å². The first-order valence-corrected chi connectivity index (χ1v) is 5.47. The second kappa shape index (κ2) is 4.31. The third-order valence-corrected chi connectivity index (χ3v) is 3.07. The smallest absolute Gasteiger partial charge is 0.394 e. The van der Waals surface area contributed by atoms with Crippen LogP contribution < -0.4 is 5.32 Å². The minimum atomic E-state index is -4.36. The van der Waals surface area contributed by atoms with Crippen molar-refractivity contribution in [1.29, 1.82) is 0 Å². The Balaban J connectivity index is 2.21. The molecular formula is C12H14F3NO. The molecule has 1 aliphatic rings. The average Bonchev–Trinajstić information content (AvgIpc) is 3.06. The molecule has 0 amide bonds. The second-order valence-corrected chi connectivity index (χ2v) is 4.47. The molecule has 1 aromatic carbocycles. The van der Waals surface area contributed by atoms with E-state index in [-0.39, 0.29) is 12.2 Å². The Bertz CT molecular complexity index is 373. The maximum Gasteiger partial charge on any atom is 0.407 e. The highest BCUT2D eigenvalue weighted by Gasteiger charge is 2.50. The Morgan fingerprint density at radius 2 is 1.82 bits per heavy atom. The topological polar surface area (TPSA) is 32.3 Å². The van der Waals surface area contributed by atoms with E-state index >= 15 is 0 Å². The van der Waals surface area contributed by atoms with Gasteiger partial charge in [0.25, 0.3) is 0 Å². The molecule has 1 aromatic rings. The van der Waals surface area contributed by atoms with Crippen molar-refractivity contribution in [2.75, 3.05) is 6.61 Å². The van der Waals surface area contributed by atoms with Gasteiger partial charge in [0.2, 0.25) is 0 Å². The molecule has 2 N–H and O–H groups in total. The predicted molar refractivity (Wildman–Crippen MR) is 57.4 cm³/mol. The van der Waals surface area contributed by atoms with Crippen molar-refractivity contribution >= 4 is 0 Å². The van der Waals surface area contributed by atoms with Gasteiger partial charge in [-0.2, -0.15) is 13.2 Å². The molecule has 0 radical (unpaired) electrons. The van der Waals surface area contributed by atoms with Crippen molar-refractivity contribution in [3.8, 4) is 0 Å². The molecule has 0 spiro atoms. The van der Waals surface area contributed by atoms with Crippen LogP contribution in [-0.4, -0.2) is 23.4 Å². The third-order valence-electron chi connectivity index (χ3n) is 3.07. The summed E-state index contributed by atoms with van der Waals surface area (Å²) in [6, 6.07) is 6.01. The van der Waals surface area contributed by atoms with Crippen LogP contribution in [0.3, 0.4) is 0 Å². The molecule has 1 aliphatic carbocycles. The molecule has 1 fully saturated rings. The van der Waals surface area contributed by atoms with Gasteiger partial charge in [-0.3, -0.25) is 5.32 Å². The summed E-state index contributed by atoms with van der Waals surface area (Å²) < 4.78 is 38.9. The van der Waals surface area contributed by atoms with Crippen LogP contribution in [0.4, 0.5) is 13.2 Å². The van der Waals surface area contributed by atoms with Crippen molar-refractivity contribution in [3.63, 3.8) is 0 Å². The van der Waals surface area contributed by atoms with Crippen LogP contribution in [0.2, 0.25) is 0 Å². The summed E-state index contributed by atoms with van der Waals surface area (Å²) in [6.07, 6.45) is -3.18. The van der Waals surface area contributed by atoms with E-state index in [9.17, 15) is 13.2 Å². The molecule has 2 nitrogen and oxygen atoms in total. The van der Waals surface area contributed by atoms with Crippen LogP contribution in [0.15, 0.2) is 30.3 Å². The molecule has 0 heterocycles. The zero-order chi connectivity index (χ0) is 12.5. The van der Waals surface area contributed by atoms with Crippen molar-refractivity contribution in [2.24, 2.45) is 0 Å². The highest BCUT2D eigenvalue weighted by Crippen LogP contribution is 2.41. The van der Waals surface area contributed by atoms with Crippen LogP contribution in [0.5, 0.6) is 0 Å². The maximum absolute atomic E-state index is 13.0. The quantitative estimate of drug-likeness (QED) is 0.853. The van der Waals surface area contributed by atoms with Crippen LogP contribution in [0.25, 0.3) is 0 Å². The first-order chi connectivity index (χ1) is 7.97. The number of aliphatic hydroxyl groups excluding tert-OH is 1. The van der Waals surface area contributed by atoms with E-state index in [1.54, 1.807) is 18.2 Å². The van der Waals surface area contributed by atoms with Crippen LogP contribution in [0, 0.1) is 0 Å². The molecule has 0 aromatic heterocycles. The molecule has 0 aliphatic heterocycles. The molecule has 1 saturated carbocycles. The van der Waals surface area contributed by atoms with Crippen molar-refractivity contribution < 1.29 is 18.3 Å². The Kier molecular flexibility index (Phi) is 3.14. The van der Waals surface area contributed by atoms with E-state index < -0.39 is 17.8 Å². The van der Waals surface area contributed by atoms with E-state index in [4.69, 9.17) is 5.11 Å². The van der Waals surface area contributed by atoms with E-state index in [1.165, 1.54) is 12.1 Å². The molecular weight excluding hydrogens is 231 g/mol.